The molecule has 2 unspecified atom stereocenters. The summed E-state index contributed by atoms with van der Waals surface area (Å²) in [7, 11) is 6.54. The van der Waals surface area contributed by atoms with E-state index in [1.807, 2.05) is 46.8 Å². The summed E-state index contributed by atoms with van der Waals surface area (Å²) in [6.45, 7) is 24.9. The fraction of sp³-hybridized carbons (Fsp3) is 0.500. The normalized spacial score (nSPS) is 14.3. The average Bonchev–Trinajstić information content (AvgIpc) is 2.92. The van der Waals surface area contributed by atoms with E-state index in [0.717, 1.165) is 22.3 Å². The molecule has 8 heteroatoms. The number of carbonyl (C=O) groups excluding carboxylic acids is 2. The minimum Gasteiger partial charge on any atom is -0.456 e. The number of ether oxygens (including phenoxy) is 4. The van der Waals surface area contributed by atoms with Crippen molar-refractivity contribution < 1.29 is 28.5 Å². The molecular weight excluding hydrogens is 553 g/mol. The monoisotopic (exact) mass is 603 g/mol. The SMILES string of the molecule is [B]C(C)(OCCC(C)(C)OC(=O)C(=C)C)c1ccc(C(C)(C)c2ccc(C(C)(C)OCCC(N)OC(=O)C(=C)C)cc2)cc1. The Morgan fingerprint density at radius 2 is 1.20 bits per heavy atom. The van der Waals surface area contributed by atoms with Crippen molar-refractivity contribution in [2.24, 2.45) is 5.73 Å². The zero-order chi connectivity index (χ0) is 33.5. The lowest BCUT2D eigenvalue weighted by Gasteiger charge is -2.32. The van der Waals surface area contributed by atoms with E-state index in [4.69, 9.17) is 32.5 Å². The van der Waals surface area contributed by atoms with E-state index in [1.165, 1.54) is 0 Å². The van der Waals surface area contributed by atoms with Gasteiger partial charge in [-0.05, 0) is 70.7 Å². The number of esters is 2. The number of carbonyl (C=O) groups is 2. The Kier molecular flexibility index (Phi) is 12.4. The van der Waals surface area contributed by atoms with E-state index >= 15 is 0 Å². The maximum atomic E-state index is 11.9. The highest BCUT2D eigenvalue weighted by molar-refractivity contribution is 6.14. The molecule has 2 N–H and O–H groups in total. The molecule has 0 bridgehead atoms. The van der Waals surface area contributed by atoms with Crippen LogP contribution >= 0.6 is 0 Å². The van der Waals surface area contributed by atoms with Gasteiger partial charge < -0.3 is 18.9 Å². The van der Waals surface area contributed by atoms with E-state index in [-0.39, 0.29) is 5.41 Å². The van der Waals surface area contributed by atoms with Crippen LogP contribution in [-0.4, -0.2) is 44.8 Å². The van der Waals surface area contributed by atoms with Crippen molar-refractivity contribution in [2.75, 3.05) is 13.2 Å². The predicted molar refractivity (Wildman–Crippen MR) is 176 cm³/mol. The van der Waals surface area contributed by atoms with Gasteiger partial charge in [-0.25, -0.2) is 9.59 Å². The van der Waals surface area contributed by atoms with Crippen LogP contribution in [0.2, 0.25) is 0 Å². The third-order valence-electron chi connectivity index (χ3n) is 7.78. The lowest BCUT2D eigenvalue weighted by Crippen LogP contribution is -2.33. The third-order valence-corrected chi connectivity index (χ3v) is 7.78. The number of hydrogen-bond donors (Lipinski definition) is 1. The Bertz CT molecular complexity index is 1310. The molecule has 2 radical (unpaired) electrons. The van der Waals surface area contributed by atoms with Gasteiger partial charge in [-0.3, -0.25) is 5.73 Å². The standard InChI is InChI=1S/C36H50BNO6/c1-24(2)31(39)43-30(38)20-22-41-35(9,10)28-16-12-26(13-17-28)34(7,8)27-14-18-29(19-15-27)36(11,37)42-23-21-33(5,6)44-32(40)25(3)4/h12-19,30H,1,3,20-23,38H2,2,4-11H3. The minimum absolute atomic E-state index is 0.273. The van der Waals surface area contributed by atoms with E-state index in [2.05, 4.69) is 63.4 Å². The smallest absolute Gasteiger partial charge is 0.334 e. The van der Waals surface area contributed by atoms with Crippen LogP contribution < -0.4 is 5.73 Å². The van der Waals surface area contributed by atoms with Crippen molar-refractivity contribution in [2.45, 2.75) is 104 Å². The van der Waals surface area contributed by atoms with Crippen LogP contribution in [0.25, 0.3) is 0 Å². The molecule has 0 saturated heterocycles. The Hall–Kier alpha value is -3.20. The number of hydrogen-bond acceptors (Lipinski definition) is 7. The minimum atomic E-state index is -1.01. The van der Waals surface area contributed by atoms with Crippen LogP contribution in [0.3, 0.4) is 0 Å². The first kappa shape index (κ1) is 37.0. The molecule has 238 valence electrons. The Morgan fingerprint density at radius 1 is 0.750 bits per heavy atom. The first-order chi connectivity index (χ1) is 20.2. The second kappa shape index (κ2) is 14.7. The molecule has 0 fully saturated rings. The molecule has 2 aromatic carbocycles. The topological polar surface area (TPSA) is 97.1 Å². The van der Waals surface area contributed by atoms with Crippen molar-refractivity contribution in [3.05, 3.63) is 95.1 Å². The van der Waals surface area contributed by atoms with Crippen molar-refractivity contribution in [3.63, 3.8) is 0 Å². The summed E-state index contributed by atoms with van der Waals surface area (Å²) in [6.07, 6.45) is 0.109. The summed E-state index contributed by atoms with van der Waals surface area (Å²) in [5, 5.41) is 0. The molecule has 0 aliphatic rings. The maximum Gasteiger partial charge on any atom is 0.334 e. The van der Waals surface area contributed by atoms with Gasteiger partial charge in [0.15, 0.2) is 6.23 Å². The Labute approximate surface area is 265 Å². The van der Waals surface area contributed by atoms with Gasteiger partial charge in [-0.1, -0.05) is 75.5 Å². The Balaban J connectivity index is 2.02. The van der Waals surface area contributed by atoms with Crippen molar-refractivity contribution in [1.29, 1.82) is 0 Å². The molecule has 0 heterocycles. The van der Waals surface area contributed by atoms with Crippen LogP contribution in [0.15, 0.2) is 72.8 Å². The predicted octanol–water partition coefficient (Wildman–Crippen LogP) is 6.70. The molecule has 0 spiro atoms. The van der Waals surface area contributed by atoms with Gasteiger partial charge in [0, 0.05) is 34.9 Å². The van der Waals surface area contributed by atoms with Gasteiger partial charge in [0.25, 0.3) is 0 Å². The van der Waals surface area contributed by atoms with E-state index in [1.54, 1.807) is 13.8 Å². The van der Waals surface area contributed by atoms with Gasteiger partial charge in [0.05, 0.1) is 18.8 Å². The zero-order valence-electron chi connectivity index (χ0n) is 28.0. The molecule has 0 aliphatic carbocycles. The summed E-state index contributed by atoms with van der Waals surface area (Å²) in [5.41, 5.74) is 8.17. The largest absolute Gasteiger partial charge is 0.456 e. The van der Waals surface area contributed by atoms with Crippen molar-refractivity contribution in [3.8, 4) is 0 Å². The quantitative estimate of drug-likeness (QED) is 0.0987. The highest BCUT2D eigenvalue weighted by atomic mass is 16.6. The summed E-state index contributed by atoms with van der Waals surface area (Å²) >= 11 is 0. The highest BCUT2D eigenvalue weighted by Crippen LogP contribution is 2.35. The van der Waals surface area contributed by atoms with Gasteiger partial charge in [0.2, 0.25) is 0 Å². The van der Waals surface area contributed by atoms with Crippen LogP contribution in [0.1, 0.15) is 97.4 Å². The molecule has 0 saturated carbocycles. The lowest BCUT2D eigenvalue weighted by atomic mass is 9.74. The van der Waals surface area contributed by atoms with E-state index in [0.29, 0.717) is 37.2 Å². The molecule has 0 aromatic heterocycles. The maximum absolute atomic E-state index is 11.9. The second-order valence-electron chi connectivity index (χ2n) is 13.3. The van der Waals surface area contributed by atoms with Gasteiger partial charge in [-0.2, -0.15) is 0 Å². The summed E-state index contributed by atoms with van der Waals surface area (Å²) in [5.74, 6) is -0.925. The molecule has 44 heavy (non-hydrogen) atoms. The fourth-order valence-electron chi connectivity index (χ4n) is 4.46. The van der Waals surface area contributed by atoms with Crippen LogP contribution in [-0.2, 0) is 45.1 Å². The third kappa shape index (κ3) is 10.5. The van der Waals surface area contributed by atoms with E-state index < -0.39 is 34.9 Å². The zero-order valence-corrected chi connectivity index (χ0v) is 28.0. The van der Waals surface area contributed by atoms with Crippen LogP contribution in [0.4, 0.5) is 0 Å². The van der Waals surface area contributed by atoms with Crippen LogP contribution in [0.5, 0.6) is 0 Å². The lowest BCUT2D eigenvalue weighted by molar-refractivity contribution is -0.153. The molecule has 0 amide bonds. The number of rotatable bonds is 16. The van der Waals surface area contributed by atoms with Crippen molar-refractivity contribution in [1.82, 2.24) is 0 Å². The summed E-state index contributed by atoms with van der Waals surface area (Å²) in [6, 6.07) is 16.5. The van der Waals surface area contributed by atoms with E-state index in [9.17, 15) is 9.59 Å². The number of nitrogens with two attached hydrogens (primary N) is 1. The number of benzene rings is 2. The molecule has 7 nitrogen and oxygen atoms in total. The highest BCUT2D eigenvalue weighted by Gasteiger charge is 2.29. The molecular formula is C36H50BNO6. The second-order valence-corrected chi connectivity index (χ2v) is 13.3. The summed E-state index contributed by atoms with van der Waals surface area (Å²) < 4.78 is 22.8. The molecule has 2 atom stereocenters. The van der Waals surface area contributed by atoms with Gasteiger partial charge in [-0.15, -0.1) is 0 Å². The molecule has 2 rings (SSSR count). The summed E-state index contributed by atoms with van der Waals surface area (Å²) in [4.78, 5) is 23.6. The average molecular weight is 604 g/mol. The molecule has 2 aromatic rings. The van der Waals surface area contributed by atoms with Gasteiger partial charge in [0.1, 0.15) is 13.4 Å². The van der Waals surface area contributed by atoms with Gasteiger partial charge >= 0.3 is 11.9 Å². The van der Waals surface area contributed by atoms with Crippen LogP contribution in [0, 0.1) is 0 Å². The first-order valence-electron chi connectivity index (χ1n) is 15.0. The Morgan fingerprint density at radius 3 is 1.68 bits per heavy atom. The fourth-order valence-corrected chi connectivity index (χ4v) is 4.46. The first-order valence-corrected chi connectivity index (χ1v) is 15.0. The molecule has 0 aliphatic heterocycles. The van der Waals surface area contributed by atoms with Crippen molar-refractivity contribution >= 4 is 19.8 Å².